The third-order valence-corrected chi connectivity index (χ3v) is 3.46. The number of hydrogen-bond acceptors (Lipinski definition) is 3. The van der Waals surface area contributed by atoms with E-state index in [1.165, 1.54) is 4.90 Å². The SMILES string of the molecule is CC(C)(C)OC(=O)N1CCNC(Cc2cc(F)c(F)cc2F)C1. The molecule has 1 amide bonds. The fourth-order valence-corrected chi connectivity index (χ4v) is 2.44. The van der Waals surface area contributed by atoms with Crippen molar-refractivity contribution in [2.24, 2.45) is 0 Å². The van der Waals surface area contributed by atoms with Crippen LogP contribution in [-0.2, 0) is 11.2 Å². The van der Waals surface area contributed by atoms with Crippen LogP contribution in [0.1, 0.15) is 26.3 Å². The minimum absolute atomic E-state index is 0.0763. The molecule has 0 spiro atoms. The van der Waals surface area contributed by atoms with E-state index in [0.29, 0.717) is 25.7 Å². The molecule has 0 bridgehead atoms. The lowest BCUT2D eigenvalue weighted by Gasteiger charge is -2.35. The van der Waals surface area contributed by atoms with Crippen LogP contribution in [0.4, 0.5) is 18.0 Å². The van der Waals surface area contributed by atoms with Crippen molar-refractivity contribution < 1.29 is 22.7 Å². The van der Waals surface area contributed by atoms with Crippen LogP contribution in [0.3, 0.4) is 0 Å². The normalized spacial score (nSPS) is 18.9. The number of carbonyl (C=O) groups excluding carboxylic acids is 1. The number of carbonyl (C=O) groups is 1. The molecule has 0 aliphatic carbocycles. The maximum absolute atomic E-state index is 13.7. The minimum atomic E-state index is -1.21. The van der Waals surface area contributed by atoms with Crippen molar-refractivity contribution in [3.63, 3.8) is 0 Å². The van der Waals surface area contributed by atoms with Gasteiger partial charge >= 0.3 is 6.09 Å². The first-order valence-electron chi connectivity index (χ1n) is 7.50. The monoisotopic (exact) mass is 330 g/mol. The fourth-order valence-electron chi connectivity index (χ4n) is 2.44. The Balaban J connectivity index is 2.02. The second-order valence-corrected chi connectivity index (χ2v) is 6.64. The number of piperazine rings is 1. The highest BCUT2D eigenvalue weighted by Crippen LogP contribution is 2.17. The summed E-state index contributed by atoms with van der Waals surface area (Å²) in [6, 6.07) is 1.15. The molecule has 23 heavy (non-hydrogen) atoms. The van der Waals surface area contributed by atoms with E-state index in [-0.39, 0.29) is 18.0 Å². The molecular formula is C16H21F3N2O2. The molecule has 2 rings (SSSR count). The van der Waals surface area contributed by atoms with Crippen molar-refractivity contribution in [1.82, 2.24) is 10.2 Å². The molecule has 4 nitrogen and oxygen atoms in total. The average Bonchev–Trinajstić information content (AvgIpc) is 2.43. The van der Waals surface area contributed by atoms with Crippen molar-refractivity contribution in [1.29, 1.82) is 0 Å². The zero-order valence-electron chi connectivity index (χ0n) is 13.5. The third-order valence-electron chi connectivity index (χ3n) is 3.46. The van der Waals surface area contributed by atoms with Crippen LogP contribution in [0.25, 0.3) is 0 Å². The number of nitrogens with zero attached hydrogens (tertiary/aromatic N) is 1. The molecule has 1 heterocycles. The topological polar surface area (TPSA) is 41.6 Å². The van der Waals surface area contributed by atoms with Crippen LogP contribution < -0.4 is 5.32 Å². The third kappa shape index (κ3) is 4.86. The van der Waals surface area contributed by atoms with E-state index in [1.807, 2.05) is 0 Å². The Morgan fingerprint density at radius 1 is 1.26 bits per heavy atom. The van der Waals surface area contributed by atoms with Crippen LogP contribution in [-0.4, -0.2) is 42.3 Å². The summed E-state index contributed by atoms with van der Waals surface area (Å²) in [7, 11) is 0. The van der Waals surface area contributed by atoms with E-state index >= 15 is 0 Å². The number of ether oxygens (including phenoxy) is 1. The number of nitrogens with one attached hydrogen (secondary N) is 1. The van der Waals surface area contributed by atoms with E-state index in [0.717, 1.165) is 6.07 Å². The largest absolute Gasteiger partial charge is 0.444 e. The van der Waals surface area contributed by atoms with Crippen LogP contribution in [0.15, 0.2) is 12.1 Å². The zero-order chi connectivity index (χ0) is 17.2. The first-order chi connectivity index (χ1) is 10.7. The average molecular weight is 330 g/mol. The summed E-state index contributed by atoms with van der Waals surface area (Å²) in [6.07, 6.45) is -0.280. The van der Waals surface area contributed by atoms with Gasteiger partial charge in [0.1, 0.15) is 11.4 Å². The Bertz CT molecular complexity index is 587. The van der Waals surface area contributed by atoms with Gasteiger partial charge in [-0.2, -0.15) is 0 Å². The van der Waals surface area contributed by atoms with Crippen LogP contribution in [0.5, 0.6) is 0 Å². The van der Waals surface area contributed by atoms with Gasteiger partial charge in [-0.15, -0.1) is 0 Å². The number of amides is 1. The smallest absolute Gasteiger partial charge is 0.410 e. The van der Waals surface area contributed by atoms with E-state index < -0.39 is 29.1 Å². The van der Waals surface area contributed by atoms with Crippen LogP contribution in [0, 0.1) is 17.5 Å². The molecule has 1 aliphatic rings. The molecule has 1 atom stereocenters. The van der Waals surface area contributed by atoms with E-state index in [2.05, 4.69) is 5.32 Å². The first-order valence-corrected chi connectivity index (χ1v) is 7.50. The van der Waals surface area contributed by atoms with Crippen molar-refractivity contribution in [3.8, 4) is 0 Å². The highest BCUT2D eigenvalue weighted by Gasteiger charge is 2.28. The van der Waals surface area contributed by atoms with Gasteiger partial charge in [0.25, 0.3) is 0 Å². The molecule has 1 fully saturated rings. The van der Waals surface area contributed by atoms with E-state index in [4.69, 9.17) is 4.74 Å². The number of hydrogen-bond donors (Lipinski definition) is 1. The summed E-state index contributed by atoms with van der Waals surface area (Å²) >= 11 is 0. The highest BCUT2D eigenvalue weighted by atomic mass is 19.2. The van der Waals surface area contributed by atoms with Gasteiger partial charge in [-0.25, -0.2) is 18.0 Å². The summed E-state index contributed by atoms with van der Waals surface area (Å²) in [5.41, 5.74) is -0.517. The summed E-state index contributed by atoms with van der Waals surface area (Å²) in [5.74, 6) is -3.08. The number of rotatable bonds is 2. The van der Waals surface area contributed by atoms with Crippen LogP contribution >= 0.6 is 0 Å². The van der Waals surface area contributed by atoms with Gasteiger partial charge < -0.3 is 15.0 Å². The Morgan fingerprint density at radius 2 is 1.91 bits per heavy atom. The minimum Gasteiger partial charge on any atom is -0.444 e. The summed E-state index contributed by atoms with van der Waals surface area (Å²) < 4.78 is 45.3. The maximum Gasteiger partial charge on any atom is 0.410 e. The van der Waals surface area contributed by atoms with Gasteiger partial charge in [-0.05, 0) is 38.8 Å². The maximum atomic E-state index is 13.7. The Hall–Kier alpha value is -1.76. The molecule has 1 saturated heterocycles. The number of benzene rings is 1. The van der Waals surface area contributed by atoms with Gasteiger partial charge in [0.05, 0.1) is 0 Å². The molecule has 1 N–H and O–H groups in total. The van der Waals surface area contributed by atoms with Gasteiger partial charge in [-0.1, -0.05) is 0 Å². The Labute approximate surface area is 133 Å². The molecule has 1 aliphatic heterocycles. The molecule has 1 aromatic carbocycles. The van der Waals surface area contributed by atoms with Crippen molar-refractivity contribution in [2.45, 2.75) is 38.8 Å². The van der Waals surface area contributed by atoms with Gasteiger partial charge in [0.2, 0.25) is 0 Å². The fraction of sp³-hybridized carbons (Fsp3) is 0.562. The number of halogens is 3. The predicted octanol–water partition coefficient (Wildman–Crippen LogP) is 2.86. The van der Waals surface area contributed by atoms with Crippen molar-refractivity contribution >= 4 is 6.09 Å². The lowest BCUT2D eigenvalue weighted by Crippen LogP contribution is -2.54. The molecular weight excluding hydrogens is 309 g/mol. The second-order valence-electron chi connectivity index (χ2n) is 6.64. The molecule has 1 unspecified atom stereocenters. The van der Waals surface area contributed by atoms with Crippen molar-refractivity contribution in [2.75, 3.05) is 19.6 Å². The lowest BCUT2D eigenvalue weighted by molar-refractivity contribution is 0.0195. The molecule has 0 aromatic heterocycles. The first kappa shape index (κ1) is 17.6. The van der Waals surface area contributed by atoms with Gasteiger partial charge in [0.15, 0.2) is 11.6 Å². The Morgan fingerprint density at radius 3 is 2.57 bits per heavy atom. The van der Waals surface area contributed by atoms with Crippen molar-refractivity contribution in [3.05, 3.63) is 35.1 Å². The van der Waals surface area contributed by atoms with E-state index in [9.17, 15) is 18.0 Å². The van der Waals surface area contributed by atoms with Crippen LogP contribution in [0.2, 0.25) is 0 Å². The van der Waals surface area contributed by atoms with Gasteiger partial charge in [0, 0.05) is 31.7 Å². The highest BCUT2D eigenvalue weighted by molar-refractivity contribution is 5.68. The molecule has 7 heteroatoms. The molecule has 128 valence electrons. The van der Waals surface area contributed by atoms with Gasteiger partial charge in [-0.3, -0.25) is 0 Å². The zero-order valence-corrected chi connectivity index (χ0v) is 13.5. The molecule has 0 saturated carbocycles. The summed E-state index contributed by atoms with van der Waals surface area (Å²) in [5, 5.41) is 3.14. The standard InChI is InChI=1S/C16H21F3N2O2/c1-16(2,3)23-15(22)21-5-4-20-11(9-21)6-10-7-13(18)14(19)8-12(10)17/h7-8,11,20H,4-6,9H2,1-3H3. The summed E-state index contributed by atoms with van der Waals surface area (Å²) in [4.78, 5) is 13.6. The quantitative estimate of drug-likeness (QED) is 0.848. The van der Waals surface area contributed by atoms with E-state index in [1.54, 1.807) is 20.8 Å². The Kier molecular flexibility index (Phi) is 5.19. The lowest BCUT2D eigenvalue weighted by atomic mass is 10.0. The predicted molar refractivity (Wildman–Crippen MR) is 79.6 cm³/mol. The molecule has 1 aromatic rings. The molecule has 0 radical (unpaired) electrons. The second kappa shape index (κ2) is 6.78. The summed E-state index contributed by atoms with van der Waals surface area (Å²) in [6.45, 7) is 6.65.